The van der Waals surface area contributed by atoms with Gasteiger partial charge in [-0.25, -0.2) is 4.98 Å². The van der Waals surface area contributed by atoms with Gasteiger partial charge in [0, 0.05) is 24.7 Å². The van der Waals surface area contributed by atoms with E-state index in [-0.39, 0.29) is 11.7 Å². The molecule has 0 saturated heterocycles. The molecule has 2 N–H and O–H groups in total. The van der Waals surface area contributed by atoms with E-state index in [1.807, 2.05) is 17.5 Å². The third kappa shape index (κ3) is 3.72. The first kappa shape index (κ1) is 14.7. The van der Waals surface area contributed by atoms with Gasteiger partial charge < -0.3 is 10.4 Å². The number of hydrogen-bond acceptors (Lipinski definition) is 5. The van der Waals surface area contributed by atoms with Crippen LogP contribution < -0.4 is 5.32 Å². The smallest absolute Gasteiger partial charge is 0.240 e. The molecule has 1 amide bonds. The van der Waals surface area contributed by atoms with Crippen molar-refractivity contribution >= 4 is 27.9 Å². The van der Waals surface area contributed by atoms with Gasteiger partial charge in [0.2, 0.25) is 5.91 Å². The van der Waals surface area contributed by atoms with Gasteiger partial charge in [0.25, 0.3) is 0 Å². The summed E-state index contributed by atoms with van der Waals surface area (Å²) in [5.74, 6) is 0.247. The number of aromatic hydroxyl groups is 1. The summed E-state index contributed by atoms with van der Waals surface area (Å²) in [6.45, 7) is 1.97. The summed E-state index contributed by atoms with van der Waals surface area (Å²) in [5.41, 5.74) is 2.39. The summed E-state index contributed by atoms with van der Waals surface area (Å²) in [6, 6.07) is 7.24. The highest BCUT2D eigenvalue weighted by molar-refractivity contribution is 7.13. The molecule has 1 aliphatic heterocycles. The molecule has 0 fully saturated rings. The maximum atomic E-state index is 11.9. The molecule has 0 spiro atoms. The Bertz CT molecular complexity index is 665. The van der Waals surface area contributed by atoms with Crippen molar-refractivity contribution in [2.75, 3.05) is 25.0 Å². The summed E-state index contributed by atoms with van der Waals surface area (Å²) < 4.78 is 0. The molecule has 0 aliphatic carbocycles. The van der Waals surface area contributed by atoms with Crippen molar-refractivity contribution in [3.05, 3.63) is 47.5 Å². The molecule has 6 heteroatoms. The number of phenols is 1. The number of carbonyl (C=O) groups excluding carboxylic acids is 1. The summed E-state index contributed by atoms with van der Waals surface area (Å²) in [6.07, 6.45) is 4.72. The van der Waals surface area contributed by atoms with E-state index in [9.17, 15) is 9.90 Å². The molecule has 1 aliphatic rings. The van der Waals surface area contributed by atoms with Crippen LogP contribution in [0, 0.1) is 0 Å². The lowest BCUT2D eigenvalue weighted by molar-refractivity contribution is -0.117. The van der Waals surface area contributed by atoms with E-state index in [0.717, 1.165) is 25.1 Å². The number of nitrogens with zero attached hydrogens (tertiary/aromatic N) is 2. The van der Waals surface area contributed by atoms with Gasteiger partial charge in [0.15, 0.2) is 5.13 Å². The maximum Gasteiger partial charge on any atom is 0.240 e. The van der Waals surface area contributed by atoms with E-state index < -0.39 is 0 Å². The highest BCUT2D eigenvalue weighted by Gasteiger charge is 2.16. The zero-order valence-electron chi connectivity index (χ0n) is 12.0. The van der Waals surface area contributed by atoms with Gasteiger partial charge in [-0.2, -0.15) is 0 Å². The number of phenolic OH excluding ortho intramolecular Hbond substituents is 1. The quantitative estimate of drug-likeness (QED) is 0.910. The van der Waals surface area contributed by atoms with Gasteiger partial charge >= 0.3 is 0 Å². The Morgan fingerprint density at radius 1 is 1.36 bits per heavy atom. The van der Waals surface area contributed by atoms with Crippen molar-refractivity contribution in [3.8, 4) is 5.75 Å². The standard InChI is InChI=1S/C16H17N3O2S/c20-14-3-1-12(2-4-14)13-5-8-19(9-6-13)11-15(21)18-16-17-7-10-22-16/h1-5,7,10,20H,6,8-9,11H2,(H,17,18,21). The number of benzene rings is 1. The second-order valence-electron chi connectivity index (χ2n) is 5.15. The number of hydrogen-bond donors (Lipinski definition) is 2. The monoisotopic (exact) mass is 315 g/mol. The van der Waals surface area contributed by atoms with Crippen LogP contribution in [0.15, 0.2) is 41.9 Å². The molecule has 0 saturated carbocycles. The largest absolute Gasteiger partial charge is 0.508 e. The van der Waals surface area contributed by atoms with Crippen LogP contribution in [-0.2, 0) is 4.79 Å². The molecule has 5 nitrogen and oxygen atoms in total. The minimum atomic E-state index is -0.0311. The zero-order valence-corrected chi connectivity index (χ0v) is 12.8. The Balaban J connectivity index is 1.54. The normalized spacial score (nSPS) is 15.4. The summed E-state index contributed by atoms with van der Waals surface area (Å²) in [4.78, 5) is 18.1. The van der Waals surface area contributed by atoms with Gasteiger partial charge in [0.1, 0.15) is 5.75 Å². The maximum absolute atomic E-state index is 11.9. The molecule has 2 heterocycles. The number of amides is 1. The fourth-order valence-corrected chi connectivity index (χ4v) is 2.98. The predicted octanol–water partition coefficient (Wildman–Crippen LogP) is 2.58. The number of thiazole rings is 1. The fraction of sp³-hybridized carbons (Fsp3) is 0.250. The molecule has 2 aromatic rings. The molecule has 0 radical (unpaired) electrons. The van der Waals surface area contributed by atoms with E-state index in [1.54, 1.807) is 18.3 Å². The van der Waals surface area contributed by atoms with Crippen LogP contribution in [0.1, 0.15) is 12.0 Å². The topological polar surface area (TPSA) is 65.5 Å². The van der Waals surface area contributed by atoms with Gasteiger partial charge in [-0.15, -0.1) is 11.3 Å². The van der Waals surface area contributed by atoms with Crippen LogP contribution >= 0.6 is 11.3 Å². The number of nitrogens with one attached hydrogen (secondary N) is 1. The summed E-state index contributed by atoms with van der Waals surface area (Å²) in [5, 5.41) is 14.6. The fourth-order valence-electron chi connectivity index (χ4n) is 2.44. The number of anilines is 1. The molecule has 1 aromatic carbocycles. The van der Waals surface area contributed by atoms with E-state index in [4.69, 9.17) is 0 Å². The van der Waals surface area contributed by atoms with Gasteiger partial charge in [-0.1, -0.05) is 18.2 Å². The highest BCUT2D eigenvalue weighted by Crippen LogP contribution is 2.23. The summed E-state index contributed by atoms with van der Waals surface area (Å²) >= 11 is 1.42. The lowest BCUT2D eigenvalue weighted by Crippen LogP contribution is -2.36. The van der Waals surface area contributed by atoms with Crippen molar-refractivity contribution in [2.24, 2.45) is 0 Å². The van der Waals surface area contributed by atoms with Gasteiger partial charge in [-0.3, -0.25) is 9.69 Å². The van der Waals surface area contributed by atoms with Crippen molar-refractivity contribution in [2.45, 2.75) is 6.42 Å². The first-order valence-electron chi connectivity index (χ1n) is 7.11. The lowest BCUT2D eigenvalue weighted by atomic mass is 9.99. The number of aromatic nitrogens is 1. The first-order chi connectivity index (χ1) is 10.7. The molecule has 114 valence electrons. The second kappa shape index (κ2) is 6.72. The van der Waals surface area contributed by atoms with E-state index in [1.165, 1.54) is 16.9 Å². The van der Waals surface area contributed by atoms with Crippen LogP contribution in [-0.4, -0.2) is 40.5 Å². The van der Waals surface area contributed by atoms with Crippen molar-refractivity contribution < 1.29 is 9.90 Å². The summed E-state index contributed by atoms with van der Waals surface area (Å²) in [7, 11) is 0. The third-order valence-electron chi connectivity index (χ3n) is 3.58. The molecule has 3 rings (SSSR count). The molecular weight excluding hydrogens is 298 g/mol. The zero-order chi connectivity index (χ0) is 15.4. The predicted molar refractivity (Wildman–Crippen MR) is 87.9 cm³/mol. The lowest BCUT2D eigenvalue weighted by Gasteiger charge is -2.25. The molecule has 0 unspecified atom stereocenters. The molecule has 1 aromatic heterocycles. The highest BCUT2D eigenvalue weighted by atomic mass is 32.1. The SMILES string of the molecule is O=C(CN1CC=C(c2ccc(O)cc2)CC1)Nc1nccs1. The van der Waals surface area contributed by atoms with Crippen LogP contribution in [0.2, 0.25) is 0 Å². The minimum Gasteiger partial charge on any atom is -0.508 e. The molecular formula is C16H17N3O2S. The van der Waals surface area contributed by atoms with Crippen LogP contribution in [0.3, 0.4) is 0 Å². The Hall–Kier alpha value is -2.18. The minimum absolute atomic E-state index is 0.0311. The average molecular weight is 315 g/mol. The first-order valence-corrected chi connectivity index (χ1v) is 7.99. The average Bonchev–Trinajstić information content (AvgIpc) is 3.02. The van der Waals surface area contributed by atoms with Crippen molar-refractivity contribution in [3.63, 3.8) is 0 Å². The van der Waals surface area contributed by atoms with Gasteiger partial charge in [-0.05, 0) is 29.7 Å². The number of rotatable bonds is 4. The van der Waals surface area contributed by atoms with Crippen LogP contribution in [0.5, 0.6) is 5.75 Å². The van der Waals surface area contributed by atoms with E-state index in [0.29, 0.717) is 11.7 Å². The van der Waals surface area contributed by atoms with Gasteiger partial charge in [0.05, 0.1) is 6.54 Å². The Morgan fingerprint density at radius 2 is 2.18 bits per heavy atom. The molecule has 0 atom stereocenters. The molecule has 0 bridgehead atoms. The van der Waals surface area contributed by atoms with Crippen molar-refractivity contribution in [1.29, 1.82) is 0 Å². The Kier molecular flexibility index (Phi) is 4.50. The van der Waals surface area contributed by atoms with Crippen LogP contribution in [0.25, 0.3) is 5.57 Å². The van der Waals surface area contributed by atoms with Crippen LogP contribution in [0.4, 0.5) is 5.13 Å². The third-order valence-corrected chi connectivity index (χ3v) is 4.27. The second-order valence-corrected chi connectivity index (χ2v) is 6.04. The molecule has 22 heavy (non-hydrogen) atoms. The number of carbonyl (C=O) groups is 1. The van der Waals surface area contributed by atoms with Crippen molar-refractivity contribution in [1.82, 2.24) is 9.88 Å². The van der Waals surface area contributed by atoms with E-state index >= 15 is 0 Å². The Morgan fingerprint density at radius 3 is 2.82 bits per heavy atom. The Labute approximate surface area is 132 Å². The van der Waals surface area contributed by atoms with E-state index in [2.05, 4.69) is 21.3 Å².